The highest BCUT2D eigenvalue weighted by atomic mass is 32.1. The van der Waals surface area contributed by atoms with Crippen molar-refractivity contribution in [2.75, 3.05) is 0 Å². The highest BCUT2D eigenvalue weighted by Gasteiger charge is 2.26. The second-order valence-corrected chi connectivity index (χ2v) is 8.50. The van der Waals surface area contributed by atoms with Crippen LogP contribution in [-0.4, -0.2) is 15.5 Å². The van der Waals surface area contributed by atoms with Crippen LogP contribution in [0.25, 0.3) is 11.1 Å². The summed E-state index contributed by atoms with van der Waals surface area (Å²) in [5.74, 6) is 0.598. The van der Waals surface area contributed by atoms with Crippen molar-refractivity contribution in [3.8, 4) is 0 Å². The van der Waals surface area contributed by atoms with E-state index in [1.807, 2.05) is 31.4 Å². The van der Waals surface area contributed by atoms with Gasteiger partial charge in [-0.25, -0.2) is 4.98 Å². The molecule has 0 fully saturated rings. The number of nitrogens with one attached hydrogen (secondary N) is 1. The average molecular weight is 388 g/mol. The SMILES string of the molecule is Cc1oc2ncn(CC(C)C)c(=O)c2c1C(=O)NC(c1cccs1)C(C)C. The number of fused-ring (bicyclic) bond motifs is 1. The average Bonchev–Trinajstić information content (AvgIpc) is 3.22. The van der Waals surface area contributed by atoms with Gasteiger partial charge in [0.1, 0.15) is 17.5 Å². The highest BCUT2D eigenvalue weighted by Crippen LogP contribution is 2.28. The zero-order valence-corrected chi connectivity index (χ0v) is 17.1. The van der Waals surface area contributed by atoms with Crippen LogP contribution >= 0.6 is 11.3 Å². The van der Waals surface area contributed by atoms with E-state index in [-0.39, 0.29) is 46.0 Å². The second-order valence-electron chi connectivity index (χ2n) is 7.52. The minimum Gasteiger partial charge on any atom is -0.442 e. The fourth-order valence-electron chi connectivity index (χ4n) is 3.18. The van der Waals surface area contributed by atoms with Crippen molar-refractivity contribution in [1.82, 2.24) is 14.9 Å². The predicted octanol–water partition coefficient (Wildman–Crippen LogP) is 4.14. The van der Waals surface area contributed by atoms with Crippen LogP contribution < -0.4 is 10.9 Å². The van der Waals surface area contributed by atoms with Gasteiger partial charge in [-0.1, -0.05) is 33.8 Å². The molecule has 27 heavy (non-hydrogen) atoms. The molecular weight excluding hydrogens is 362 g/mol. The van der Waals surface area contributed by atoms with Crippen molar-refractivity contribution in [2.24, 2.45) is 11.8 Å². The quantitative estimate of drug-likeness (QED) is 0.689. The molecule has 3 heterocycles. The molecule has 0 saturated carbocycles. The van der Waals surface area contributed by atoms with E-state index < -0.39 is 0 Å². The van der Waals surface area contributed by atoms with Crippen molar-refractivity contribution in [3.05, 3.63) is 50.4 Å². The Morgan fingerprint density at radius 1 is 1.33 bits per heavy atom. The van der Waals surface area contributed by atoms with Gasteiger partial charge in [0, 0.05) is 11.4 Å². The van der Waals surface area contributed by atoms with Crippen LogP contribution in [0.5, 0.6) is 0 Å². The van der Waals surface area contributed by atoms with Gasteiger partial charge in [-0.2, -0.15) is 0 Å². The van der Waals surface area contributed by atoms with E-state index in [4.69, 9.17) is 4.42 Å². The summed E-state index contributed by atoms with van der Waals surface area (Å²) in [6, 6.07) is 3.85. The summed E-state index contributed by atoms with van der Waals surface area (Å²) in [6.45, 7) is 10.4. The van der Waals surface area contributed by atoms with Gasteiger partial charge in [0.2, 0.25) is 5.71 Å². The van der Waals surface area contributed by atoms with E-state index >= 15 is 0 Å². The Hall–Kier alpha value is -2.41. The van der Waals surface area contributed by atoms with Crippen molar-refractivity contribution < 1.29 is 9.21 Å². The lowest BCUT2D eigenvalue weighted by Crippen LogP contribution is -2.32. The maximum atomic E-state index is 13.1. The van der Waals surface area contributed by atoms with Gasteiger partial charge in [0.05, 0.1) is 11.6 Å². The summed E-state index contributed by atoms with van der Waals surface area (Å²) < 4.78 is 7.15. The molecule has 1 N–H and O–H groups in total. The van der Waals surface area contributed by atoms with Gasteiger partial charge < -0.3 is 9.73 Å². The molecule has 0 aliphatic carbocycles. The maximum absolute atomic E-state index is 13.1. The van der Waals surface area contributed by atoms with Crippen LogP contribution in [0.2, 0.25) is 0 Å². The number of furan rings is 1. The van der Waals surface area contributed by atoms with E-state index in [0.29, 0.717) is 12.3 Å². The minimum absolute atomic E-state index is 0.128. The van der Waals surface area contributed by atoms with Crippen molar-refractivity contribution in [3.63, 3.8) is 0 Å². The Balaban J connectivity index is 2.03. The summed E-state index contributed by atoms with van der Waals surface area (Å²) in [7, 11) is 0. The first-order chi connectivity index (χ1) is 12.8. The molecule has 6 nitrogen and oxygen atoms in total. The van der Waals surface area contributed by atoms with Crippen LogP contribution in [0.4, 0.5) is 0 Å². The van der Waals surface area contributed by atoms with Crippen LogP contribution in [-0.2, 0) is 6.54 Å². The maximum Gasteiger partial charge on any atom is 0.265 e. The zero-order chi connectivity index (χ0) is 19.7. The Labute approximate surface area is 162 Å². The fraction of sp³-hybridized carbons (Fsp3) is 0.450. The van der Waals surface area contributed by atoms with E-state index in [2.05, 4.69) is 24.1 Å². The van der Waals surface area contributed by atoms with Gasteiger partial charge in [0.25, 0.3) is 11.5 Å². The van der Waals surface area contributed by atoms with Crippen LogP contribution in [0.15, 0.2) is 33.1 Å². The predicted molar refractivity (Wildman–Crippen MR) is 107 cm³/mol. The smallest absolute Gasteiger partial charge is 0.265 e. The Bertz CT molecular complexity index is 1000. The number of hydrogen-bond donors (Lipinski definition) is 1. The Morgan fingerprint density at radius 2 is 2.07 bits per heavy atom. The van der Waals surface area contributed by atoms with Crippen LogP contribution in [0, 0.1) is 18.8 Å². The van der Waals surface area contributed by atoms with E-state index in [1.54, 1.807) is 18.3 Å². The molecule has 1 unspecified atom stereocenters. The Kier molecular flexibility index (Phi) is 5.51. The third-order valence-electron chi connectivity index (χ3n) is 4.45. The summed E-state index contributed by atoms with van der Waals surface area (Å²) >= 11 is 1.60. The van der Waals surface area contributed by atoms with Crippen molar-refractivity contribution in [2.45, 2.75) is 47.2 Å². The van der Waals surface area contributed by atoms with Crippen molar-refractivity contribution in [1.29, 1.82) is 0 Å². The van der Waals surface area contributed by atoms with E-state index in [9.17, 15) is 9.59 Å². The van der Waals surface area contributed by atoms with Gasteiger partial charge in [-0.05, 0) is 30.2 Å². The minimum atomic E-state index is -0.306. The number of hydrogen-bond acceptors (Lipinski definition) is 5. The number of rotatable bonds is 6. The largest absolute Gasteiger partial charge is 0.442 e. The summed E-state index contributed by atoms with van der Waals surface area (Å²) in [5.41, 5.74) is 0.246. The molecule has 7 heteroatoms. The summed E-state index contributed by atoms with van der Waals surface area (Å²) in [6.07, 6.45) is 1.48. The molecule has 3 aromatic heterocycles. The standard InChI is InChI=1S/C20H25N3O3S/c1-11(2)9-23-10-21-19-16(20(23)25)15(13(5)26-19)18(24)22-17(12(3)4)14-7-6-8-27-14/h6-8,10-12,17H,9H2,1-5H3,(H,22,24). The monoisotopic (exact) mass is 387 g/mol. The van der Waals surface area contributed by atoms with E-state index in [1.165, 1.54) is 10.9 Å². The first-order valence-electron chi connectivity index (χ1n) is 9.12. The number of aromatic nitrogens is 2. The van der Waals surface area contributed by atoms with Gasteiger partial charge >= 0.3 is 0 Å². The molecule has 0 spiro atoms. The van der Waals surface area contributed by atoms with E-state index in [0.717, 1.165) is 4.88 Å². The molecule has 3 aromatic rings. The molecule has 0 aliphatic heterocycles. The first-order valence-corrected chi connectivity index (χ1v) is 10.00. The lowest BCUT2D eigenvalue weighted by molar-refractivity contribution is 0.0926. The highest BCUT2D eigenvalue weighted by molar-refractivity contribution is 7.10. The third kappa shape index (κ3) is 3.83. The number of aryl methyl sites for hydroxylation is 1. The summed E-state index contributed by atoms with van der Waals surface area (Å²) in [5, 5.41) is 5.32. The number of thiophene rings is 1. The Morgan fingerprint density at radius 3 is 2.67 bits per heavy atom. The number of amides is 1. The van der Waals surface area contributed by atoms with Crippen LogP contribution in [0.3, 0.4) is 0 Å². The van der Waals surface area contributed by atoms with Gasteiger partial charge in [-0.15, -0.1) is 11.3 Å². The molecule has 0 saturated heterocycles. The molecule has 0 aromatic carbocycles. The molecule has 1 amide bonds. The first kappa shape index (κ1) is 19.4. The van der Waals surface area contributed by atoms with Crippen molar-refractivity contribution >= 4 is 28.3 Å². The second kappa shape index (κ2) is 7.68. The lowest BCUT2D eigenvalue weighted by atomic mass is 10.0. The molecule has 3 rings (SSSR count). The molecule has 0 radical (unpaired) electrons. The number of nitrogens with zero attached hydrogens (tertiary/aromatic N) is 2. The number of carbonyl (C=O) groups is 1. The molecular formula is C20H25N3O3S. The third-order valence-corrected chi connectivity index (χ3v) is 5.40. The van der Waals surface area contributed by atoms with Gasteiger partial charge in [-0.3, -0.25) is 14.2 Å². The van der Waals surface area contributed by atoms with Crippen LogP contribution in [0.1, 0.15) is 54.7 Å². The molecule has 1 atom stereocenters. The topological polar surface area (TPSA) is 77.1 Å². The molecule has 0 bridgehead atoms. The fourth-order valence-corrected chi connectivity index (χ4v) is 4.13. The number of carbonyl (C=O) groups excluding carboxylic acids is 1. The lowest BCUT2D eigenvalue weighted by Gasteiger charge is -2.21. The molecule has 144 valence electrons. The van der Waals surface area contributed by atoms with Gasteiger partial charge in [0.15, 0.2) is 0 Å². The normalized spacial score (nSPS) is 12.9. The summed E-state index contributed by atoms with van der Waals surface area (Å²) in [4.78, 5) is 31.4. The zero-order valence-electron chi connectivity index (χ0n) is 16.3. The molecule has 0 aliphatic rings.